The van der Waals surface area contributed by atoms with Crippen LogP contribution in [0.25, 0.3) is 0 Å². The molecule has 0 saturated carbocycles. The number of nitrogens with zero attached hydrogens (tertiary/aromatic N) is 1. The van der Waals surface area contributed by atoms with Gasteiger partial charge in [-0.2, -0.15) is 4.98 Å². The van der Waals surface area contributed by atoms with Crippen LogP contribution < -0.4 is 14.8 Å². The summed E-state index contributed by atoms with van der Waals surface area (Å²) in [6.07, 6.45) is 0. The number of aromatic nitrogens is 1. The summed E-state index contributed by atoms with van der Waals surface area (Å²) in [5.41, 5.74) is 2.51. The number of benzene rings is 2. The summed E-state index contributed by atoms with van der Waals surface area (Å²) in [4.78, 5) is 4.54. The van der Waals surface area contributed by atoms with Crippen LogP contribution in [0, 0.1) is 6.92 Å². The Morgan fingerprint density at radius 1 is 0.920 bits per heavy atom. The Balaban J connectivity index is 1.74. The fraction of sp³-hybridized carbons (Fsp3) is 0.190. The number of hydrogen-bond acceptors (Lipinski definition) is 4. The summed E-state index contributed by atoms with van der Waals surface area (Å²) in [7, 11) is 1.63. The second kappa shape index (κ2) is 7.71. The van der Waals surface area contributed by atoms with Gasteiger partial charge in [0, 0.05) is 12.1 Å². The number of pyridine rings is 1. The third-order valence-electron chi connectivity index (χ3n) is 4.01. The zero-order valence-electron chi connectivity index (χ0n) is 14.7. The molecule has 2 aromatic carbocycles. The maximum absolute atomic E-state index is 5.84. The number of nitrogens with one attached hydrogen (secondary N) is 1. The van der Waals surface area contributed by atoms with E-state index in [9.17, 15) is 0 Å². The van der Waals surface area contributed by atoms with Gasteiger partial charge in [0.2, 0.25) is 5.88 Å². The Morgan fingerprint density at radius 3 is 2.48 bits per heavy atom. The molecule has 0 fully saturated rings. The average molecular weight is 334 g/mol. The van der Waals surface area contributed by atoms with Crippen LogP contribution in [0.3, 0.4) is 0 Å². The van der Waals surface area contributed by atoms with Crippen molar-refractivity contribution in [1.29, 1.82) is 0 Å². The maximum atomic E-state index is 5.84. The van der Waals surface area contributed by atoms with Gasteiger partial charge in [-0.1, -0.05) is 36.4 Å². The van der Waals surface area contributed by atoms with E-state index in [2.05, 4.69) is 42.3 Å². The Hall–Kier alpha value is -3.01. The van der Waals surface area contributed by atoms with E-state index in [0.29, 0.717) is 11.6 Å². The molecule has 1 unspecified atom stereocenters. The lowest BCUT2D eigenvalue weighted by molar-refractivity contribution is 0.407. The maximum Gasteiger partial charge on any atom is 0.221 e. The van der Waals surface area contributed by atoms with E-state index in [4.69, 9.17) is 9.47 Å². The van der Waals surface area contributed by atoms with Crippen LogP contribution in [0.1, 0.15) is 24.1 Å². The molecule has 3 aromatic rings. The molecule has 0 amide bonds. The Kier molecular flexibility index (Phi) is 5.19. The molecule has 3 rings (SSSR count). The average Bonchev–Trinajstić information content (AvgIpc) is 2.62. The predicted octanol–water partition coefficient (Wildman–Crippen LogP) is 5.36. The SMILES string of the molecule is COc1cccc(Oc2cccc(NC(C)c3ccccc3C)n2)c1. The molecule has 0 spiro atoms. The highest BCUT2D eigenvalue weighted by Gasteiger charge is 2.09. The second-order valence-electron chi connectivity index (χ2n) is 5.86. The molecule has 0 aliphatic rings. The Morgan fingerprint density at radius 2 is 1.68 bits per heavy atom. The smallest absolute Gasteiger partial charge is 0.221 e. The molecule has 128 valence electrons. The fourth-order valence-electron chi connectivity index (χ4n) is 2.71. The molecule has 0 aliphatic carbocycles. The lowest BCUT2D eigenvalue weighted by Gasteiger charge is -2.17. The van der Waals surface area contributed by atoms with E-state index < -0.39 is 0 Å². The molecule has 1 heterocycles. The molecule has 0 radical (unpaired) electrons. The van der Waals surface area contributed by atoms with Crippen molar-refractivity contribution in [3.8, 4) is 17.4 Å². The zero-order chi connectivity index (χ0) is 17.6. The minimum Gasteiger partial charge on any atom is -0.497 e. The molecule has 25 heavy (non-hydrogen) atoms. The number of aryl methyl sites for hydroxylation is 1. The quantitative estimate of drug-likeness (QED) is 0.658. The molecule has 0 saturated heterocycles. The minimum absolute atomic E-state index is 0.153. The van der Waals surface area contributed by atoms with Crippen LogP contribution in [0.15, 0.2) is 66.7 Å². The second-order valence-corrected chi connectivity index (χ2v) is 5.86. The summed E-state index contributed by atoms with van der Waals surface area (Å²) < 4.78 is 11.1. The number of hydrogen-bond donors (Lipinski definition) is 1. The zero-order valence-corrected chi connectivity index (χ0v) is 14.7. The molecule has 1 aromatic heterocycles. The van der Waals surface area contributed by atoms with Gasteiger partial charge in [-0.15, -0.1) is 0 Å². The number of ether oxygens (including phenoxy) is 2. The molecule has 4 heteroatoms. The van der Waals surface area contributed by atoms with Gasteiger partial charge in [0.05, 0.1) is 13.2 Å². The Bertz CT molecular complexity index is 849. The van der Waals surface area contributed by atoms with Crippen LogP contribution in [-0.4, -0.2) is 12.1 Å². The van der Waals surface area contributed by atoms with Gasteiger partial charge < -0.3 is 14.8 Å². The minimum atomic E-state index is 0.153. The van der Waals surface area contributed by atoms with E-state index in [1.165, 1.54) is 11.1 Å². The van der Waals surface area contributed by atoms with Gasteiger partial charge in [0.25, 0.3) is 0 Å². The lowest BCUT2D eigenvalue weighted by atomic mass is 10.0. The first-order valence-electron chi connectivity index (χ1n) is 8.27. The molecule has 1 N–H and O–H groups in total. The molecular formula is C21H22N2O2. The fourth-order valence-corrected chi connectivity index (χ4v) is 2.71. The third-order valence-corrected chi connectivity index (χ3v) is 4.01. The molecule has 0 aliphatic heterocycles. The third kappa shape index (κ3) is 4.29. The first kappa shape index (κ1) is 16.8. The van der Waals surface area contributed by atoms with Crippen molar-refractivity contribution < 1.29 is 9.47 Å². The summed E-state index contributed by atoms with van der Waals surface area (Å²) in [5.74, 6) is 2.75. The van der Waals surface area contributed by atoms with Crippen LogP contribution in [0.5, 0.6) is 17.4 Å². The van der Waals surface area contributed by atoms with Gasteiger partial charge in [-0.3, -0.25) is 0 Å². The van der Waals surface area contributed by atoms with Gasteiger partial charge in [-0.05, 0) is 43.2 Å². The highest BCUT2D eigenvalue weighted by molar-refractivity contribution is 5.43. The largest absolute Gasteiger partial charge is 0.497 e. The van der Waals surface area contributed by atoms with Gasteiger partial charge in [0.15, 0.2) is 0 Å². The first-order chi connectivity index (χ1) is 12.2. The van der Waals surface area contributed by atoms with Gasteiger partial charge >= 0.3 is 0 Å². The van der Waals surface area contributed by atoms with E-state index in [-0.39, 0.29) is 6.04 Å². The highest BCUT2D eigenvalue weighted by atomic mass is 16.5. The van der Waals surface area contributed by atoms with E-state index in [1.807, 2.05) is 48.5 Å². The molecular weight excluding hydrogens is 312 g/mol. The molecule has 4 nitrogen and oxygen atoms in total. The summed E-state index contributed by atoms with van der Waals surface area (Å²) in [5, 5.41) is 3.43. The van der Waals surface area contributed by atoms with Crippen molar-refractivity contribution in [3.63, 3.8) is 0 Å². The van der Waals surface area contributed by atoms with Gasteiger partial charge in [0.1, 0.15) is 17.3 Å². The van der Waals surface area contributed by atoms with Crippen LogP contribution in [0.4, 0.5) is 5.82 Å². The van der Waals surface area contributed by atoms with Crippen molar-refractivity contribution in [1.82, 2.24) is 4.98 Å². The van der Waals surface area contributed by atoms with Crippen molar-refractivity contribution in [2.24, 2.45) is 0 Å². The number of anilines is 1. The number of rotatable bonds is 6. The van der Waals surface area contributed by atoms with Crippen molar-refractivity contribution >= 4 is 5.82 Å². The topological polar surface area (TPSA) is 43.4 Å². The van der Waals surface area contributed by atoms with E-state index >= 15 is 0 Å². The highest BCUT2D eigenvalue weighted by Crippen LogP contribution is 2.26. The molecule has 0 bridgehead atoms. The predicted molar refractivity (Wildman–Crippen MR) is 101 cm³/mol. The molecule has 1 atom stereocenters. The summed E-state index contributed by atoms with van der Waals surface area (Å²) >= 11 is 0. The van der Waals surface area contributed by atoms with Crippen molar-refractivity contribution in [2.45, 2.75) is 19.9 Å². The van der Waals surface area contributed by atoms with Crippen molar-refractivity contribution in [3.05, 3.63) is 77.9 Å². The standard InChI is InChI=1S/C21H22N2O2/c1-15-8-4-5-11-19(15)16(2)22-20-12-7-13-21(23-20)25-18-10-6-9-17(14-18)24-3/h4-14,16H,1-3H3,(H,22,23). The van der Waals surface area contributed by atoms with Crippen molar-refractivity contribution in [2.75, 3.05) is 12.4 Å². The summed E-state index contributed by atoms with van der Waals surface area (Å²) in [6, 6.07) is 21.7. The van der Waals surface area contributed by atoms with Gasteiger partial charge in [-0.25, -0.2) is 0 Å². The number of methoxy groups -OCH3 is 1. The van der Waals surface area contributed by atoms with Crippen LogP contribution >= 0.6 is 0 Å². The monoisotopic (exact) mass is 334 g/mol. The normalized spacial score (nSPS) is 11.6. The summed E-state index contributed by atoms with van der Waals surface area (Å²) in [6.45, 7) is 4.24. The van der Waals surface area contributed by atoms with E-state index in [0.717, 1.165) is 11.6 Å². The van der Waals surface area contributed by atoms with Crippen LogP contribution in [-0.2, 0) is 0 Å². The Labute approximate surface area is 148 Å². The van der Waals surface area contributed by atoms with E-state index in [1.54, 1.807) is 7.11 Å². The van der Waals surface area contributed by atoms with Crippen LogP contribution in [0.2, 0.25) is 0 Å². The first-order valence-corrected chi connectivity index (χ1v) is 8.27. The lowest BCUT2D eigenvalue weighted by Crippen LogP contribution is -2.09.